The van der Waals surface area contributed by atoms with Crippen LogP contribution < -0.4 is 29.6 Å². The van der Waals surface area contributed by atoms with E-state index >= 15 is 0 Å². The van der Waals surface area contributed by atoms with Gasteiger partial charge >= 0.3 is 29.6 Å². The fourth-order valence-electron chi connectivity index (χ4n) is 2.81. The molecule has 0 aromatic heterocycles. The zero-order chi connectivity index (χ0) is 19.3. The van der Waals surface area contributed by atoms with E-state index in [1.165, 1.54) is 37.7 Å². The van der Waals surface area contributed by atoms with Crippen LogP contribution in [0.25, 0.3) is 0 Å². The molecular formula is C20H33NaO5S. The number of ether oxygens (including phenoxy) is 2. The first-order valence-electron chi connectivity index (χ1n) is 9.68. The van der Waals surface area contributed by atoms with Crippen molar-refractivity contribution in [1.29, 1.82) is 0 Å². The minimum Gasteiger partial charge on any atom is -0.747 e. The molecule has 0 aliphatic rings. The normalized spacial score (nSPS) is 12.6. The summed E-state index contributed by atoms with van der Waals surface area (Å²) in [6, 6.07) is 7.30. The largest absolute Gasteiger partial charge is 1.00 e. The molecule has 0 saturated carbocycles. The van der Waals surface area contributed by atoms with Crippen molar-refractivity contribution in [3.8, 4) is 0 Å². The van der Waals surface area contributed by atoms with E-state index in [0.29, 0.717) is 18.8 Å². The Morgan fingerprint density at radius 2 is 1.52 bits per heavy atom. The van der Waals surface area contributed by atoms with Crippen molar-refractivity contribution in [3.63, 3.8) is 0 Å². The number of benzene rings is 1. The van der Waals surface area contributed by atoms with Crippen LogP contribution in [0.15, 0.2) is 24.3 Å². The SMILES string of the molecule is CCCCCCCCc1ccc(C(COCCOCC)S(=O)(=O)[O-])cc1.[Na+]. The number of aryl methyl sites for hydroxylation is 1. The summed E-state index contributed by atoms with van der Waals surface area (Å²) in [5, 5.41) is -1.17. The van der Waals surface area contributed by atoms with Crippen LogP contribution >= 0.6 is 0 Å². The molecule has 1 aromatic carbocycles. The van der Waals surface area contributed by atoms with Gasteiger partial charge in [0.15, 0.2) is 0 Å². The van der Waals surface area contributed by atoms with Gasteiger partial charge in [-0.1, -0.05) is 63.3 Å². The average molecular weight is 409 g/mol. The minimum atomic E-state index is -4.47. The molecule has 0 saturated heterocycles. The number of rotatable bonds is 15. The summed E-state index contributed by atoms with van der Waals surface area (Å²) in [4.78, 5) is 0. The van der Waals surface area contributed by atoms with Crippen LogP contribution in [0.4, 0.5) is 0 Å². The van der Waals surface area contributed by atoms with E-state index in [4.69, 9.17) is 9.47 Å². The molecule has 7 heteroatoms. The first kappa shape index (κ1) is 27.0. The quantitative estimate of drug-likeness (QED) is 0.248. The van der Waals surface area contributed by atoms with Gasteiger partial charge in [-0.2, -0.15) is 0 Å². The minimum absolute atomic E-state index is 0. The third kappa shape index (κ3) is 12.3. The van der Waals surface area contributed by atoms with E-state index in [-0.39, 0.29) is 42.8 Å². The van der Waals surface area contributed by atoms with Gasteiger partial charge < -0.3 is 14.0 Å². The van der Waals surface area contributed by atoms with Crippen molar-refractivity contribution >= 4 is 10.1 Å². The molecule has 1 rings (SSSR count). The number of hydrogen-bond donors (Lipinski definition) is 0. The number of hydrogen-bond acceptors (Lipinski definition) is 5. The monoisotopic (exact) mass is 408 g/mol. The fourth-order valence-corrected chi connectivity index (χ4v) is 3.56. The van der Waals surface area contributed by atoms with Crippen LogP contribution in [0.3, 0.4) is 0 Å². The van der Waals surface area contributed by atoms with Gasteiger partial charge in [0, 0.05) is 6.61 Å². The van der Waals surface area contributed by atoms with E-state index < -0.39 is 15.4 Å². The topological polar surface area (TPSA) is 75.7 Å². The molecule has 150 valence electrons. The third-order valence-corrected chi connectivity index (χ3v) is 5.47. The first-order valence-corrected chi connectivity index (χ1v) is 11.1. The van der Waals surface area contributed by atoms with E-state index in [2.05, 4.69) is 6.92 Å². The van der Waals surface area contributed by atoms with Gasteiger partial charge in [0.1, 0.15) is 10.1 Å². The summed E-state index contributed by atoms with van der Waals surface area (Å²) in [6.45, 7) is 5.18. The molecule has 27 heavy (non-hydrogen) atoms. The van der Waals surface area contributed by atoms with E-state index in [0.717, 1.165) is 12.8 Å². The third-order valence-electron chi connectivity index (χ3n) is 4.36. The molecule has 5 nitrogen and oxygen atoms in total. The molecule has 1 atom stereocenters. The Balaban J connectivity index is 0.00000676. The summed E-state index contributed by atoms with van der Waals surface area (Å²) in [5.74, 6) is 0. The molecule has 0 bridgehead atoms. The Kier molecular flexibility index (Phi) is 15.9. The molecule has 0 spiro atoms. The molecule has 0 heterocycles. The second-order valence-electron chi connectivity index (χ2n) is 6.51. The van der Waals surface area contributed by atoms with Crippen LogP contribution in [0.2, 0.25) is 0 Å². The molecule has 0 aliphatic carbocycles. The molecule has 0 fully saturated rings. The molecule has 0 aliphatic heterocycles. The summed E-state index contributed by atoms with van der Waals surface area (Å²) in [7, 11) is -4.47. The van der Waals surface area contributed by atoms with Gasteiger partial charge in [0.2, 0.25) is 0 Å². The summed E-state index contributed by atoms with van der Waals surface area (Å²) >= 11 is 0. The van der Waals surface area contributed by atoms with Crippen LogP contribution in [0.5, 0.6) is 0 Å². The number of unbranched alkanes of at least 4 members (excludes halogenated alkanes) is 5. The van der Waals surface area contributed by atoms with Crippen molar-refractivity contribution < 1.29 is 52.0 Å². The van der Waals surface area contributed by atoms with Gasteiger partial charge in [-0.25, -0.2) is 8.42 Å². The first-order chi connectivity index (χ1) is 12.5. The average Bonchev–Trinajstić information content (AvgIpc) is 2.61. The Morgan fingerprint density at radius 1 is 0.926 bits per heavy atom. The molecule has 0 N–H and O–H groups in total. The van der Waals surface area contributed by atoms with Gasteiger partial charge in [-0.3, -0.25) is 0 Å². The maximum atomic E-state index is 11.6. The van der Waals surface area contributed by atoms with Crippen molar-refractivity contribution in [2.45, 2.75) is 64.0 Å². The van der Waals surface area contributed by atoms with Crippen LogP contribution in [0, 0.1) is 0 Å². The van der Waals surface area contributed by atoms with Crippen LogP contribution in [-0.4, -0.2) is 39.4 Å². The predicted molar refractivity (Wildman–Crippen MR) is 103 cm³/mol. The standard InChI is InChI=1S/C20H34O5S.Na/c1-3-5-6-7-8-9-10-18-11-13-19(14-12-18)20(26(21,22)23)17-25-16-15-24-4-2;/h11-14,20H,3-10,15-17H2,1-2H3,(H,21,22,23);/q;+1/p-1. The smallest absolute Gasteiger partial charge is 0.747 e. The molecular weight excluding hydrogens is 375 g/mol. The van der Waals surface area contributed by atoms with E-state index in [1.54, 1.807) is 12.1 Å². The van der Waals surface area contributed by atoms with Crippen molar-refractivity contribution in [1.82, 2.24) is 0 Å². The van der Waals surface area contributed by atoms with Gasteiger partial charge in [-0.15, -0.1) is 0 Å². The maximum absolute atomic E-state index is 11.6. The van der Waals surface area contributed by atoms with Crippen molar-refractivity contribution in [3.05, 3.63) is 35.4 Å². The second kappa shape index (κ2) is 15.9. The summed E-state index contributed by atoms with van der Waals surface area (Å²) < 4.78 is 45.2. The zero-order valence-electron chi connectivity index (χ0n) is 17.1. The van der Waals surface area contributed by atoms with Crippen LogP contribution in [0.1, 0.15) is 68.7 Å². The van der Waals surface area contributed by atoms with Gasteiger partial charge in [0.05, 0.1) is 25.1 Å². The Bertz CT molecular complexity index is 575. The van der Waals surface area contributed by atoms with Crippen LogP contribution in [-0.2, 0) is 26.0 Å². The van der Waals surface area contributed by atoms with Crippen molar-refractivity contribution in [2.75, 3.05) is 26.4 Å². The molecule has 1 unspecified atom stereocenters. The van der Waals surface area contributed by atoms with Crippen molar-refractivity contribution in [2.24, 2.45) is 0 Å². The Morgan fingerprint density at radius 3 is 2.11 bits per heavy atom. The zero-order valence-corrected chi connectivity index (χ0v) is 19.9. The fraction of sp³-hybridized carbons (Fsp3) is 0.700. The van der Waals surface area contributed by atoms with E-state index in [1.807, 2.05) is 19.1 Å². The summed E-state index contributed by atoms with van der Waals surface area (Å²) in [5.41, 5.74) is 1.66. The van der Waals surface area contributed by atoms with E-state index in [9.17, 15) is 13.0 Å². The molecule has 0 radical (unpaired) electrons. The Labute approximate surface area is 187 Å². The predicted octanol–water partition coefficient (Wildman–Crippen LogP) is 1.23. The maximum Gasteiger partial charge on any atom is 1.00 e. The molecule has 0 amide bonds. The molecule has 1 aromatic rings. The summed E-state index contributed by atoms with van der Waals surface area (Å²) in [6.07, 6.45) is 8.43. The Hall–Kier alpha value is 0.0500. The van der Waals surface area contributed by atoms with Gasteiger partial charge in [0.25, 0.3) is 0 Å². The van der Waals surface area contributed by atoms with Gasteiger partial charge in [-0.05, 0) is 30.9 Å². The second-order valence-corrected chi connectivity index (χ2v) is 8.07.